The average Bonchev–Trinajstić information content (AvgIpc) is 3.44. The zero-order valence-electron chi connectivity index (χ0n) is 18.0. The molecule has 3 amide bonds. The van der Waals surface area contributed by atoms with Crippen molar-refractivity contribution in [1.82, 2.24) is 4.90 Å². The summed E-state index contributed by atoms with van der Waals surface area (Å²) in [5, 5.41) is 2.97. The summed E-state index contributed by atoms with van der Waals surface area (Å²) in [4.78, 5) is 41.5. The van der Waals surface area contributed by atoms with E-state index in [1.165, 1.54) is 4.90 Å². The van der Waals surface area contributed by atoms with Gasteiger partial charge in [0.15, 0.2) is 0 Å². The lowest BCUT2D eigenvalue weighted by atomic mass is 9.81. The molecule has 0 spiro atoms. The van der Waals surface area contributed by atoms with Gasteiger partial charge in [0.05, 0.1) is 11.8 Å². The second kappa shape index (κ2) is 7.63. The van der Waals surface area contributed by atoms with Crippen LogP contribution in [0.15, 0.2) is 48.5 Å². The molecule has 5 atom stereocenters. The fraction of sp³-hybridized carbons (Fsp3) is 0.423. The van der Waals surface area contributed by atoms with Crippen LogP contribution in [-0.2, 0) is 20.8 Å². The van der Waals surface area contributed by atoms with Crippen molar-refractivity contribution in [2.45, 2.75) is 45.6 Å². The van der Waals surface area contributed by atoms with Crippen LogP contribution in [-0.4, -0.2) is 28.7 Å². The standard InChI is InChI=1S/C26H28N2O3/c1-15-8-11-20(12-16(15)2)27-24(29)21(13-17-6-4-3-5-7-17)28-25(30)22-18-9-10-19(14-18)23(22)26(28)31/h3-8,11-12,18-19,21-23H,9-10,13-14H2,1-2H3,(H,27,29)/t18-,19-,21+,22-,23+/m0/s1. The number of anilines is 1. The van der Waals surface area contributed by atoms with Gasteiger partial charge in [-0.1, -0.05) is 36.4 Å². The van der Waals surface area contributed by atoms with Crippen molar-refractivity contribution < 1.29 is 14.4 Å². The maximum Gasteiger partial charge on any atom is 0.248 e. The molecule has 1 N–H and O–H groups in total. The number of hydrogen-bond acceptors (Lipinski definition) is 3. The second-order valence-electron chi connectivity index (χ2n) is 9.43. The third-order valence-corrected chi connectivity index (χ3v) is 7.62. The molecule has 3 aliphatic rings. The maximum absolute atomic E-state index is 13.4. The topological polar surface area (TPSA) is 66.5 Å². The number of imide groups is 1. The van der Waals surface area contributed by atoms with Gasteiger partial charge in [-0.15, -0.1) is 0 Å². The van der Waals surface area contributed by atoms with E-state index >= 15 is 0 Å². The number of amides is 3. The number of fused-ring (bicyclic) bond motifs is 5. The second-order valence-corrected chi connectivity index (χ2v) is 9.43. The van der Waals surface area contributed by atoms with E-state index < -0.39 is 6.04 Å². The fourth-order valence-electron chi connectivity index (χ4n) is 5.92. The van der Waals surface area contributed by atoms with Crippen molar-refractivity contribution in [2.75, 3.05) is 5.32 Å². The minimum absolute atomic E-state index is 0.140. The number of aryl methyl sites for hydroxylation is 2. The zero-order valence-corrected chi connectivity index (χ0v) is 18.0. The SMILES string of the molecule is Cc1ccc(NC(=O)[C@@H](Cc2ccccc2)N2C(=O)[C@@H]3[C@H]4CC[C@@H](C4)[C@@H]3C2=O)cc1C. The highest BCUT2D eigenvalue weighted by atomic mass is 16.2. The summed E-state index contributed by atoms with van der Waals surface area (Å²) < 4.78 is 0. The summed E-state index contributed by atoms with van der Waals surface area (Å²) in [6.07, 6.45) is 3.36. The van der Waals surface area contributed by atoms with Crippen LogP contribution in [0.25, 0.3) is 0 Å². The van der Waals surface area contributed by atoms with Gasteiger partial charge in [-0.05, 0) is 73.8 Å². The van der Waals surface area contributed by atoms with Crippen LogP contribution in [0.5, 0.6) is 0 Å². The molecule has 5 heteroatoms. The lowest BCUT2D eigenvalue weighted by Gasteiger charge is -2.27. The van der Waals surface area contributed by atoms with Gasteiger partial charge in [0, 0.05) is 12.1 Å². The first-order valence-corrected chi connectivity index (χ1v) is 11.2. The molecule has 31 heavy (non-hydrogen) atoms. The molecule has 0 aromatic heterocycles. The van der Waals surface area contributed by atoms with Gasteiger partial charge in [-0.2, -0.15) is 0 Å². The highest BCUT2D eigenvalue weighted by molar-refractivity contribution is 6.10. The van der Waals surface area contributed by atoms with Crippen LogP contribution in [0, 0.1) is 37.5 Å². The van der Waals surface area contributed by atoms with E-state index in [1.54, 1.807) is 0 Å². The summed E-state index contributed by atoms with van der Waals surface area (Å²) >= 11 is 0. The number of carbonyl (C=O) groups excluding carboxylic acids is 3. The Kier molecular flexibility index (Phi) is 4.92. The summed E-state index contributed by atoms with van der Waals surface area (Å²) in [7, 11) is 0. The first kappa shape index (κ1) is 20.0. The van der Waals surface area contributed by atoms with Gasteiger partial charge in [0.2, 0.25) is 17.7 Å². The molecule has 0 unspecified atom stereocenters. The Morgan fingerprint density at radius 2 is 1.61 bits per heavy atom. The van der Waals surface area contributed by atoms with E-state index in [2.05, 4.69) is 5.32 Å². The smallest absolute Gasteiger partial charge is 0.248 e. The van der Waals surface area contributed by atoms with Gasteiger partial charge in [0.1, 0.15) is 6.04 Å². The molecule has 0 radical (unpaired) electrons. The Morgan fingerprint density at radius 3 is 2.23 bits per heavy atom. The van der Waals surface area contributed by atoms with Crippen molar-refractivity contribution in [3.8, 4) is 0 Å². The molecule has 2 aromatic carbocycles. The van der Waals surface area contributed by atoms with Crippen molar-refractivity contribution in [3.05, 3.63) is 65.2 Å². The van der Waals surface area contributed by atoms with Crippen molar-refractivity contribution >= 4 is 23.4 Å². The quantitative estimate of drug-likeness (QED) is 0.752. The normalized spacial score (nSPS) is 27.5. The van der Waals surface area contributed by atoms with Gasteiger partial charge in [-0.3, -0.25) is 19.3 Å². The highest BCUT2D eigenvalue weighted by Gasteiger charge is 2.62. The number of nitrogens with zero attached hydrogens (tertiary/aromatic N) is 1. The van der Waals surface area contributed by atoms with Gasteiger partial charge < -0.3 is 5.32 Å². The number of nitrogens with one attached hydrogen (secondary N) is 1. The summed E-state index contributed by atoms with van der Waals surface area (Å²) in [6, 6.07) is 14.5. The van der Waals surface area contributed by atoms with Crippen LogP contribution in [0.3, 0.4) is 0 Å². The summed E-state index contributed by atoms with van der Waals surface area (Å²) in [5.41, 5.74) is 3.85. The minimum Gasteiger partial charge on any atom is -0.324 e. The predicted molar refractivity (Wildman–Crippen MR) is 118 cm³/mol. The predicted octanol–water partition coefficient (Wildman–Crippen LogP) is 3.88. The monoisotopic (exact) mass is 416 g/mol. The maximum atomic E-state index is 13.4. The minimum atomic E-state index is -0.839. The first-order valence-electron chi connectivity index (χ1n) is 11.2. The number of hydrogen-bond donors (Lipinski definition) is 1. The largest absolute Gasteiger partial charge is 0.324 e. The molecular formula is C26H28N2O3. The third kappa shape index (κ3) is 3.36. The molecule has 1 saturated heterocycles. The molecule has 2 aliphatic carbocycles. The van der Waals surface area contributed by atoms with Gasteiger partial charge >= 0.3 is 0 Å². The van der Waals surface area contributed by atoms with Gasteiger partial charge in [0.25, 0.3) is 0 Å². The number of benzene rings is 2. The highest BCUT2D eigenvalue weighted by Crippen LogP contribution is 2.56. The van der Waals surface area contributed by atoms with Crippen molar-refractivity contribution in [1.29, 1.82) is 0 Å². The Bertz CT molecular complexity index is 1020. The van der Waals surface area contributed by atoms with E-state index in [9.17, 15) is 14.4 Å². The zero-order chi connectivity index (χ0) is 21.7. The van der Waals surface area contributed by atoms with Crippen LogP contribution in [0.2, 0.25) is 0 Å². The lowest BCUT2D eigenvalue weighted by Crippen LogP contribution is -2.49. The van der Waals surface area contributed by atoms with Crippen LogP contribution in [0.4, 0.5) is 5.69 Å². The lowest BCUT2D eigenvalue weighted by molar-refractivity contribution is -0.147. The fourth-order valence-corrected chi connectivity index (χ4v) is 5.92. The Balaban J connectivity index is 1.45. The number of likely N-dealkylation sites (tertiary alicyclic amines) is 1. The Morgan fingerprint density at radius 1 is 0.968 bits per heavy atom. The molecule has 160 valence electrons. The molecule has 5 nitrogen and oxygen atoms in total. The number of rotatable bonds is 5. The Hall–Kier alpha value is -2.95. The molecule has 2 aromatic rings. The summed E-state index contributed by atoms with van der Waals surface area (Å²) in [5.74, 6) is -0.427. The molecular weight excluding hydrogens is 388 g/mol. The Labute approximate surface area is 182 Å². The summed E-state index contributed by atoms with van der Waals surface area (Å²) in [6.45, 7) is 4.02. The van der Waals surface area contributed by atoms with E-state index in [-0.39, 0.29) is 29.6 Å². The van der Waals surface area contributed by atoms with E-state index in [4.69, 9.17) is 0 Å². The molecule has 2 bridgehead atoms. The molecule has 3 fully saturated rings. The third-order valence-electron chi connectivity index (χ3n) is 7.62. The molecule has 5 rings (SSSR count). The van der Waals surface area contributed by atoms with Crippen molar-refractivity contribution in [2.24, 2.45) is 23.7 Å². The van der Waals surface area contributed by atoms with E-state index in [0.29, 0.717) is 23.9 Å². The van der Waals surface area contributed by atoms with E-state index in [1.807, 2.05) is 62.4 Å². The number of carbonyl (C=O) groups is 3. The van der Waals surface area contributed by atoms with Crippen molar-refractivity contribution in [3.63, 3.8) is 0 Å². The molecule has 1 heterocycles. The van der Waals surface area contributed by atoms with Crippen LogP contribution >= 0.6 is 0 Å². The van der Waals surface area contributed by atoms with Gasteiger partial charge in [-0.25, -0.2) is 0 Å². The van der Waals surface area contributed by atoms with Crippen LogP contribution < -0.4 is 5.32 Å². The average molecular weight is 417 g/mol. The first-order chi connectivity index (χ1) is 14.9. The van der Waals surface area contributed by atoms with Crippen LogP contribution in [0.1, 0.15) is 36.0 Å². The molecule has 2 saturated carbocycles. The van der Waals surface area contributed by atoms with E-state index in [0.717, 1.165) is 36.0 Å². The molecule has 1 aliphatic heterocycles.